The van der Waals surface area contributed by atoms with Crippen LogP contribution in [0.5, 0.6) is 0 Å². The molecule has 0 saturated heterocycles. The Hall–Kier alpha value is -0.640. The number of nitrogens with zero attached hydrogens (tertiary/aromatic N) is 1. The molecule has 0 aliphatic heterocycles. The van der Waals surface area contributed by atoms with Gasteiger partial charge in [-0.25, -0.2) is 0 Å². The van der Waals surface area contributed by atoms with Gasteiger partial charge in [-0.15, -0.1) is 12.4 Å². The zero-order valence-corrected chi connectivity index (χ0v) is 6.64. The Balaban J connectivity index is 0.00000121. The maximum Gasteiger partial charge on any atom is 0.0844 e. The van der Waals surface area contributed by atoms with Gasteiger partial charge in [0.05, 0.1) is 14.6 Å². The predicted octanol–water partition coefficient (Wildman–Crippen LogP) is 0.488. The van der Waals surface area contributed by atoms with Crippen LogP contribution in [0.25, 0.3) is 0 Å². The van der Waals surface area contributed by atoms with Crippen molar-refractivity contribution in [2.24, 2.45) is 0 Å². The molecule has 0 amide bonds. The van der Waals surface area contributed by atoms with Crippen LogP contribution in [0, 0.1) is 0 Å². The number of aliphatic hydroxyl groups excluding tert-OH is 2. The molecule has 0 aliphatic carbocycles. The summed E-state index contributed by atoms with van der Waals surface area (Å²) in [6.45, 7) is -0.410. The summed E-state index contributed by atoms with van der Waals surface area (Å²) in [5.41, 5.74) is 0.961. The molecule has 0 spiro atoms. The van der Waals surface area contributed by atoms with Crippen LogP contribution in [0.15, 0.2) is 18.4 Å². The summed E-state index contributed by atoms with van der Waals surface area (Å²) in [4.78, 5) is 3.65. The summed E-state index contributed by atoms with van der Waals surface area (Å²) in [5, 5.41) is 17.5. The molecule has 2 N–H and O–H groups in total. The van der Waals surface area contributed by atoms with E-state index in [0.717, 1.165) is 0 Å². The molecule has 0 bridgehead atoms. The van der Waals surface area contributed by atoms with E-state index in [0.29, 0.717) is 11.1 Å². The van der Waals surface area contributed by atoms with Gasteiger partial charge in [-0.1, -0.05) is 0 Å². The molecular formula is C7H10ClNO2. The lowest BCUT2D eigenvalue weighted by Gasteiger charge is -2.00. The fraction of sp³-hybridized carbons (Fsp3) is 0.286. The van der Waals surface area contributed by atoms with E-state index in [-0.39, 0.29) is 31.8 Å². The third kappa shape index (κ3) is 2.46. The summed E-state index contributed by atoms with van der Waals surface area (Å²) in [7, 11) is 0. The predicted molar refractivity (Wildman–Crippen MR) is 43.3 cm³/mol. The van der Waals surface area contributed by atoms with Gasteiger partial charge >= 0.3 is 0 Å². The Labute approximate surface area is 72.5 Å². The molecule has 1 rings (SSSR count). The lowest BCUT2D eigenvalue weighted by molar-refractivity contribution is 0.259. The van der Waals surface area contributed by atoms with Crippen LogP contribution in [0.4, 0.5) is 0 Å². The normalized spacial score (nSPS) is 10.2. The second-order valence-corrected chi connectivity index (χ2v) is 1.88. The SMILES string of the molecule is Cl.[2H]c1nccc(CO)c1CO. The van der Waals surface area contributed by atoms with Crippen molar-refractivity contribution in [3.8, 4) is 0 Å². The molecule has 1 aromatic rings. The zero-order chi connectivity index (χ0) is 8.27. The Morgan fingerprint density at radius 3 is 2.45 bits per heavy atom. The van der Waals surface area contributed by atoms with Crippen LogP contribution in [-0.4, -0.2) is 15.2 Å². The first kappa shape index (κ1) is 8.46. The highest BCUT2D eigenvalue weighted by Gasteiger charge is 1.96. The molecule has 0 fully saturated rings. The van der Waals surface area contributed by atoms with Crippen LogP contribution >= 0.6 is 12.4 Å². The van der Waals surface area contributed by atoms with Crippen molar-refractivity contribution in [2.75, 3.05) is 0 Å². The summed E-state index contributed by atoms with van der Waals surface area (Å²) in [5.74, 6) is 0. The molecule has 1 aromatic heterocycles. The van der Waals surface area contributed by atoms with Crippen LogP contribution in [-0.2, 0) is 13.2 Å². The number of hydrogen-bond donors (Lipinski definition) is 2. The Morgan fingerprint density at radius 2 is 2.00 bits per heavy atom. The first-order valence-corrected chi connectivity index (χ1v) is 2.94. The molecule has 0 atom stereocenters. The van der Waals surface area contributed by atoms with Gasteiger partial charge in [-0.05, 0) is 11.6 Å². The van der Waals surface area contributed by atoms with E-state index in [1.54, 1.807) is 6.07 Å². The number of halogens is 1. The largest absolute Gasteiger partial charge is 0.392 e. The van der Waals surface area contributed by atoms with Crippen molar-refractivity contribution in [3.63, 3.8) is 0 Å². The van der Waals surface area contributed by atoms with Crippen molar-refractivity contribution in [3.05, 3.63) is 29.6 Å². The first-order chi connectivity index (χ1) is 5.29. The van der Waals surface area contributed by atoms with Crippen molar-refractivity contribution >= 4 is 12.4 Å². The monoisotopic (exact) mass is 176 g/mol. The minimum absolute atomic E-state index is 0. The van der Waals surface area contributed by atoms with Gasteiger partial charge in [0, 0.05) is 17.9 Å². The van der Waals surface area contributed by atoms with E-state index < -0.39 is 0 Å². The number of rotatable bonds is 2. The lowest BCUT2D eigenvalue weighted by Crippen LogP contribution is -1.93. The van der Waals surface area contributed by atoms with E-state index in [4.69, 9.17) is 11.6 Å². The standard InChI is InChI=1S/C7H9NO2.ClH/c9-4-6-1-2-8-3-7(6)5-10;/h1-3,9-10H,4-5H2;1H/i3D;. The average Bonchev–Trinajstić information content (AvgIpc) is 2.04. The van der Waals surface area contributed by atoms with Gasteiger partial charge in [0.2, 0.25) is 0 Å². The summed E-state index contributed by atoms with van der Waals surface area (Å²) < 4.78 is 7.23. The van der Waals surface area contributed by atoms with Crippen molar-refractivity contribution in [2.45, 2.75) is 13.2 Å². The minimum Gasteiger partial charge on any atom is -0.392 e. The Kier molecular flexibility index (Phi) is 3.90. The maximum absolute atomic E-state index is 8.76. The summed E-state index contributed by atoms with van der Waals surface area (Å²) >= 11 is 0. The van der Waals surface area contributed by atoms with Crippen molar-refractivity contribution in [1.82, 2.24) is 4.98 Å². The van der Waals surface area contributed by atoms with Gasteiger partial charge in [-0.2, -0.15) is 0 Å². The topological polar surface area (TPSA) is 53.4 Å². The maximum atomic E-state index is 8.76. The lowest BCUT2D eigenvalue weighted by atomic mass is 10.2. The van der Waals surface area contributed by atoms with Crippen LogP contribution in [0.2, 0.25) is 0 Å². The minimum atomic E-state index is -0.247. The highest BCUT2D eigenvalue weighted by Crippen LogP contribution is 2.05. The highest BCUT2D eigenvalue weighted by molar-refractivity contribution is 5.85. The van der Waals surface area contributed by atoms with Crippen LogP contribution in [0.3, 0.4) is 0 Å². The third-order valence-corrected chi connectivity index (χ3v) is 1.27. The molecule has 0 saturated carbocycles. The Morgan fingerprint density at radius 1 is 1.36 bits per heavy atom. The fourth-order valence-electron chi connectivity index (χ4n) is 0.700. The molecule has 0 aliphatic rings. The van der Waals surface area contributed by atoms with Gasteiger partial charge in [-0.3, -0.25) is 4.98 Å². The van der Waals surface area contributed by atoms with Crippen molar-refractivity contribution < 1.29 is 11.6 Å². The van der Waals surface area contributed by atoms with Crippen molar-refractivity contribution in [1.29, 1.82) is 0 Å². The third-order valence-electron chi connectivity index (χ3n) is 1.27. The zero-order valence-electron chi connectivity index (χ0n) is 6.82. The number of aliphatic hydroxyl groups is 2. The van der Waals surface area contributed by atoms with Gasteiger partial charge in [0.15, 0.2) is 0 Å². The van der Waals surface area contributed by atoms with Gasteiger partial charge in [0.1, 0.15) is 0 Å². The second-order valence-electron chi connectivity index (χ2n) is 1.88. The van der Waals surface area contributed by atoms with Crippen LogP contribution in [0.1, 0.15) is 12.5 Å². The summed E-state index contributed by atoms with van der Waals surface area (Å²) in [6, 6.07) is 1.59. The molecule has 0 unspecified atom stereocenters. The molecule has 11 heavy (non-hydrogen) atoms. The molecule has 0 aromatic carbocycles. The number of hydrogen-bond acceptors (Lipinski definition) is 3. The van der Waals surface area contributed by atoms with E-state index >= 15 is 0 Å². The van der Waals surface area contributed by atoms with E-state index in [1.807, 2.05) is 0 Å². The van der Waals surface area contributed by atoms with Crippen LogP contribution < -0.4 is 0 Å². The molecule has 62 valence electrons. The quantitative estimate of drug-likeness (QED) is 0.690. The van der Waals surface area contributed by atoms with Gasteiger partial charge in [0.25, 0.3) is 0 Å². The van der Waals surface area contributed by atoms with E-state index in [9.17, 15) is 0 Å². The molecular weight excluding hydrogens is 166 g/mol. The molecule has 4 heteroatoms. The molecule has 0 radical (unpaired) electrons. The molecule has 3 nitrogen and oxygen atoms in total. The van der Waals surface area contributed by atoms with E-state index in [1.165, 1.54) is 6.20 Å². The number of aromatic nitrogens is 1. The smallest absolute Gasteiger partial charge is 0.0844 e. The highest BCUT2D eigenvalue weighted by atomic mass is 35.5. The summed E-state index contributed by atoms with van der Waals surface area (Å²) in [6.07, 6.45) is 1.46. The molecule has 1 heterocycles. The first-order valence-electron chi connectivity index (χ1n) is 3.44. The number of pyridine rings is 1. The second kappa shape index (κ2) is 5.07. The Bertz CT molecular complexity index is 257. The van der Waals surface area contributed by atoms with Gasteiger partial charge < -0.3 is 10.2 Å². The fourth-order valence-corrected chi connectivity index (χ4v) is 0.700. The average molecular weight is 177 g/mol. The van der Waals surface area contributed by atoms with E-state index in [2.05, 4.69) is 4.98 Å².